The van der Waals surface area contributed by atoms with Crippen LogP contribution in [-0.2, 0) is 9.59 Å². The average Bonchev–Trinajstić information content (AvgIpc) is 1.63. The predicted octanol–water partition coefficient (Wildman–Crippen LogP) is -4.58. The largest absolute Gasteiger partial charge is 1.00 e. The van der Waals surface area contributed by atoms with Crippen LogP contribution < -0.4 is 57.1 Å². The van der Waals surface area contributed by atoms with Crippen LogP contribution >= 0.6 is 0 Å². The third-order valence-electron chi connectivity index (χ3n) is 0.696. The molecule has 0 aliphatic carbocycles. The molecule has 6 heteroatoms. The number of rotatable bonds is 3. The van der Waals surface area contributed by atoms with E-state index in [4.69, 9.17) is 10.2 Å². The second-order valence-corrected chi connectivity index (χ2v) is 1.52. The van der Waals surface area contributed by atoms with E-state index in [9.17, 15) is 9.59 Å². The van der Waals surface area contributed by atoms with Crippen LogP contribution in [0.3, 0.4) is 0 Å². The molecule has 0 saturated heterocycles. The maximum atomic E-state index is 9.94. The molecule has 0 radical (unpaired) electrons. The second kappa shape index (κ2) is 6.26. The fourth-order valence-corrected chi connectivity index (χ4v) is 0.266. The smallest absolute Gasteiger partial charge is 1.00 e. The van der Waals surface area contributed by atoms with E-state index >= 15 is 0 Å². The van der Waals surface area contributed by atoms with Crippen molar-refractivity contribution >= 4 is 11.9 Å². The van der Waals surface area contributed by atoms with Crippen LogP contribution in [0.2, 0.25) is 0 Å². The summed E-state index contributed by atoms with van der Waals surface area (Å²) in [6.07, 6.45) is -2.20. The summed E-state index contributed by atoms with van der Waals surface area (Å²) in [7, 11) is 0. The second-order valence-electron chi connectivity index (χ2n) is 1.52. The zero-order valence-electron chi connectivity index (χ0n) is 6.57. The van der Waals surface area contributed by atoms with Crippen molar-refractivity contribution in [1.82, 2.24) is 0 Å². The van der Waals surface area contributed by atoms with Crippen LogP contribution in [0.1, 0.15) is 7.85 Å². The summed E-state index contributed by atoms with van der Waals surface area (Å²) in [4.78, 5) is 19.7. The summed E-state index contributed by atoms with van der Waals surface area (Å²) in [5.41, 5.74) is 4.53. The Bertz CT molecular complexity index is 142. The number of hydrogen-bond donors (Lipinski definition) is 3. The van der Waals surface area contributed by atoms with Crippen molar-refractivity contribution in [1.29, 1.82) is 0 Å². The van der Waals surface area contributed by atoms with E-state index < -0.39 is 24.4 Å². The van der Waals surface area contributed by atoms with E-state index in [2.05, 4.69) is 5.73 Å². The van der Waals surface area contributed by atoms with Gasteiger partial charge in [-0.25, -0.2) is 0 Å². The first-order valence-electron chi connectivity index (χ1n) is 2.23. The van der Waals surface area contributed by atoms with Crippen molar-refractivity contribution in [2.45, 2.75) is 12.5 Å². The fraction of sp³-hybridized carbons (Fsp3) is 0.500. The molecule has 4 N–H and O–H groups in total. The number of aliphatic carboxylic acids is 1. The number of carboxylic acid groups (broad SMARTS) is 1. The number of hydrogen-bond acceptors (Lipinski definition) is 3. The SMILES string of the molecule is NC(=O)C(O)CC(=O)O.[H-].[K+]. The van der Waals surface area contributed by atoms with Gasteiger partial charge in [-0.3, -0.25) is 9.59 Å². The Hall–Kier alpha value is 0.536. The van der Waals surface area contributed by atoms with Crippen LogP contribution in [-0.4, -0.2) is 28.2 Å². The Morgan fingerprint density at radius 2 is 2.00 bits per heavy atom. The molecule has 1 atom stereocenters. The first kappa shape index (κ1) is 13.1. The van der Waals surface area contributed by atoms with E-state index in [1.54, 1.807) is 0 Å². The molecular formula is C4H8KNO4. The molecular weight excluding hydrogens is 165 g/mol. The number of carbonyl (C=O) groups is 2. The topological polar surface area (TPSA) is 101 Å². The Labute approximate surface area is 101 Å². The fourth-order valence-electron chi connectivity index (χ4n) is 0.266. The normalized spacial score (nSPS) is 11.3. The van der Waals surface area contributed by atoms with Crippen LogP contribution in [0, 0.1) is 0 Å². The van der Waals surface area contributed by atoms with Crippen molar-refractivity contribution in [3.05, 3.63) is 0 Å². The third kappa shape index (κ3) is 6.65. The van der Waals surface area contributed by atoms with Gasteiger partial charge in [0.05, 0.1) is 6.42 Å². The molecule has 1 amide bonds. The minimum Gasteiger partial charge on any atom is -1.00 e. The molecule has 0 aliphatic heterocycles. The Morgan fingerprint density at radius 1 is 1.60 bits per heavy atom. The average molecular weight is 173 g/mol. The Balaban J connectivity index is -0.000000320. The Morgan fingerprint density at radius 3 is 2.10 bits per heavy atom. The van der Waals surface area contributed by atoms with E-state index in [1.165, 1.54) is 0 Å². The summed E-state index contributed by atoms with van der Waals surface area (Å²) < 4.78 is 0. The van der Waals surface area contributed by atoms with Gasteiger partial charge in [0, 0.05) is 0 Å². The molecule has 54 valence electrons. The van der Waals surface area contributed by atoms with Crippen LogP contribution in [0.4, 0.5) is 0 Å². The van der Waals surface area contributed by atoms with Gasteiger partial charge in [-0.2, -0.15) is 0 Å². The Kier molecular flexibility index (Phi) is 8.23. The van der Waals surface area contributed by atoms with Crippen molar-refractivity contribution in [2.75, 3.05) is 0 Å². The summed E-state index contributed by atoms with van der Waals surface area (Å²) >= 11 is 0. The van der Waals surface area contributed by atoms with Gasteiger partial charge in [-0.05, 0) is 0 Å². The van der Waals surface area contributed by atoms with Gasteiger partial charge in [0.1, 0.15) is 6.10 Å². The summed E-state index contributed by atoms with van der Waals surface area (Å²) in [5, 5.41) is 16.4. The van der Waals surface area contributed by atoms with Crippen LogP contribution in [0.25, 0.3) is 0 Å². The minimum absolute atomic E-state index is 0. The van der Waals surface area contributed by atoms with Gasteiger partial charge >= 0.3 is 57.4 Å². The number of primary amides is 1. The number of carbonyl (C=O) groups excluding carboxylic acids is 1. The van der Waals surface area contributed by atoms with E-state index in [-0.39, 0.29) is 52.8 Å². The maximum absolute atomic E-state index is 9.94. The molecule has 1 unspecified atom stereocenters. The zero-order valence-corrected chi connectivity index (χ0v) is 8.70. The monoisotopic (exact) mass is 173 g/mol. The summed E-state index contributed by atoms with van der Waals surface area (Å²) in [5.74, 6) is -2.27. The molecule has 0 rings (SSSR count). The van der Waals surface area contributed by atoms with Gasteiger partial charge in [0.15, 0.2) is 0 Å². The third-order valence-corrected chi connectivity index (χ3v) is 0.696. The summed E-state index contributed by atoms with van der Waals surface area (Å²) in [6.45, 7) is 0. The maximum Gasteiger partial charge on any atom is 1.00 e. The first-order valence-corrected chi connectivity index (χ1v) is 2.23. The molecule has 0 saturated carbocycles. The molecule has 0 fully saturated rings. The standard InChI is InChI=1S/C4H7NO4.K.H/c5-4(9)2(6)1-3(7)8;;/h2,6H,1H2,(H2,5,9)(H,7,8);;/q;+1;-1. The number of carboxylic acids is 1. The van der Waals surface area contributed by atoms with E-state index in [1.807, 2.05) is 0 Å². The van der Waals surface area contributed by atoms with Gasteiger partial charge in [0.2, 0.25) is 5.91 Å². The molecule has 0 heterocycles. The van der Waals surface area contributed by atoms with Gasteiger partial charge in [0.25, 0.3) is 0 Å². The number of aliphatic hydroxyl groups excluding tert-OH is 1. The van der Waals surface area contributed by atoms with Gasteiger partial charge in [-0.15, -0.1) is 0 Å². The predicted molar refractivity (Wildman–Crippen MR) is 28.6 cm³/mol. The molecule has 0 aromatic heterocycles. The van der Waals surface area contributed by atoms with Crippen molar-refractivity contribution in [3.8, 4) is 0 Å². The summed E-state index contributed by atoms with van der Waals surface area (Å²) in [6, 6.07) is 0. The van der Waals surface area contributed by atoms with Gasteiger partial charge in [-0.1, -0.05) is 0 Å². The van der Waals surface area contributed by atoms with Crippen molar-refractivity contribution in [2.24, 2.45) is 5.73 Å². The molecule has 10 heavy (non-hydrogen) atoms. The number of nitrogens with two attached hydrogens (primary N) is 1. The molecule has 0 aromatic carbocycles. The van der Waals surface area contributed by atoms with Gasteiger partial charge < -0.3 is 17.4 Å². The molecule has 0 aromatic rings. The number of amides is 1. The number of aliphatic hydroxyl groups is 1. The molecule has 0 aliphatic rings. The van der Waals surface area contributed by atoms with Crippen molar-refractivity contribution in [3.63, 3.8) is 0 Å². The van der Waals surface area contributed by atoms with Crippen LogP contribution in [0.5, 0.6) is 0 Å². The van der Waals surface area contributed by atoms with Crippen molar-refractivity contribution < 1.29 is 72.6 Å². The first-order chi connectivity index (χ1) is 4.04. The molecule has 5 nitrogen and oxygen atoms in total. The molecule has 0 spiro atoms. The zero-order chi connectivity index (χ0) is 7.44. The quantitative estimate of drug-likeness (QED) is 0.374. The molecule has 0 bridgehead atoms. The van der Waals surface area contributed by atoms with E-state index in [0.29, 0.717) is 0 Å². The van der Waals surface area contributed by atoms with E-state index in [0.717, 1.165) is 0 Å². The van der Waals surface area contributed by atoms with Crippen LogP contribution in [0.15, 0.2) is 0 Å². The minimum atomic E-state index is -1.57.